The number of alkyl carbamates (subject to hydrolysis) is 1. The lowest BCUT2D eigenvalue weighted by atomic mass is 10.0. The van der Waals surface area contributed by atoms with E-state index >= 15 is 0 Å². The van der Waals surface area contributed by atoms with Crippen molar-refractivity contribution in [2.24, 2.45) is 0 Å². The van der Waals surface area contributed by atoms with E-state index in [1.165, 1.54) is 5.56 Å². The minimum Gasteiger partial charge on any atom is -0.494 e. The van der Waals surface area contributed by atoms with Crippen molar-refractivity contribution in [2.45, 2.75) is 45.7 Å². The van der Waals surface area contributed by atoms with Crippen LogP contribution in [0, 0.1) is 0 Å². The van der Waals surface area contributed by atoms with Crippen LogP contribution in [-0.4, -0.2) is 43.3 Å². The Kier molecular flexibility index (Phi) is 7.20. The number of nitrogens with one attached hydrogen (secondary N) is 1. The first-order chi connectivity index (χ1) is 11.2. The van der Waals surface area contributed by atoms with Crippen LogP contribution in [0.1, 0.15) is 38.7 Å². The van der Waals surface area contributed by atoms with Crippen LogP contribution in [0.5, 0.6) is 5.75 Å². The van der Waals surface area contributed by atoms with Crippen molar-refractivity contribution in [3.05, 3.63) is 29.8 Å². The molecular formula is C18H28N2O3. The van der Waals surface area contributed by atoms with E-state index in [-0.39, 0.29) is 12.1 Å². The third-order valence-corrected chi connectivity index (χ3v) is 3.91. The van der Waals surface area contributed by atoms with Gasteiger partial charge in [-0.05, 0) is 50.4 Å². The summed E-state index contributed by atoms with van der Waals surface area (Å²) in [6.45, 7) is 7.92. The van der Waals surface area contributed by atoms with Gasteiger partial charge >= 0.3 is 6.09 Å². The maximum absolute atomic E-state index is 11.5. The van der Waals surface area contributed by atoms with Crippen LogP contribution in [-0.2, 0) is 11.3 Å². The zero-order valence-corrected chi connectivity index (χ0v) is 14.2. The van der Waals surface area contributed by atoms with Gasteiger partial charge in [0.05, 0.1) is 13.2 Å². The monoisotopic (exact) mass is 320 g/mol. The summed E-state index contributed by atoms with van der Waals surface area (Å²) >= 11 is 0. The molecule has 1 aromatic carbocycles. The molecule has 128 valence electrons. The Morgan fingerprint density at radius 1 is 1.30 bits per heavy atom. The highest BCUT2D eigenvalue weighted by Gasteiger charge is 2.21. The van der Waals surface area contributed by atoms with Crippen LogP contribution in [0.25, 0.3) is 0 Å². The highest BCUT2D eigenvalue weighted by molar-refractivity contribution is 5.67. The molecule has 5 heteroatoms. The number of likely N-dealkylation sites (tertiary alicyclic amines) is 1. The van der Waals surface area contributed by atoms with Gasteiger partial charge in [0.25, 0.3) is 0 Å². The number of carbonyl (C=O) groups excluding carboxylic acids is 1. The lowest BCUT2D eigenvalue weighted by Gasteiger charge is -2.32. The Labute approximate surface area is 139 Å². The summed E-state index contributed by atoms with van der Waals surface area (Å²) in [6, 6.07) is 8.47. The second-order valence-corrected chi connectivity index (χ2v) is 5.93. The molecule has 1 heterocycles. The summed E-state index contributed by atoms with van der Waals surface area (Å²) in [5.74, 6) is 0.927. The number of hydrogen-bond donors (Lipinski definition) is 1. The molecule has 2 rings (SSSR count). The summed E-state index contributed by atoms with van der Waals surface area (Å²) in [6.07, 6.45) is 2.81. The van der Waals surface area contributed by atoms with E-state index in [2.05, 4.69) is 29.3 Å². The van der Waals surface area contributed by atoms with Crippen LogP contribution < -0.4 is 10.1 Å². The number of rotatable bonds is 7. The zero-order chi connectivity index (χ0) is 16.5. The molecule has 1 N–H and O–H groups in total. The van der Waals surface area contributed by atoms with Crippen LogP contribution in [0.4, 0.5) is 4.79 Å². The van der Waals surface area contributed by atoms with Gasteiger partial charge in [-0.1, -0.05) is 19.1 Å². The average Bonchev–Trinajstić information content (AvgIpc) is 2.55. The van der Waals surface area contributed by atoms with Gasteiger partial charge < -0.3 is 14.8 Å². The summed E-state index contributed by atoms with van der Waals surface area (Å²) in [5.41, 5.74) is 1.27. The van der Waals surface area contributed by atoms with Crippen LogP contribution >= 0.6 is 0 Å². The Balaban J connectivity index is 1.81. The van der Waals surface area contributed by atoms with E-state index in [0.717, 1.165) is 51.3 Å². The SMILES string of the molecule is CCCOc1ccc(CN2CCC[C@H](NC(=O)OCC)C2)cc1. The normalized spacial score (nSPS) is 18.4. The van der Waals surface area contributed by atoms with E-state index in [9.17, 15) is 4.79 Å². The standard InChI is InChI=1S/C18H28N2O3/c1-3-12-23-17-9-7-15(8-10-17)13-20-11-5-6-16(14-20)19-18(21)22-4-2/h7-10,16H,3-6,11-14H2,1-2H3,(H,19,21)/t16-/m0/s1. The van der Waals surface area contributed by atoms with Crippen LogP contribution in [0.15, 0.2) is 24.3 Å². The number of hydrogen-bond acceptors (Lipinski definition) is 4. The van der Waals surface area contributed by atoms with Crippen molar-refractivity contribution in [2.75, 3.05) is 26.3 Å². The fraction of sp³-hybridized carbons (Fsp3) is 0.611. The molecule has 0 aromatic heterocycles. The van der Waals surface area contributed by atoms with Gasteiger partial charge in [-0.2, -0.15) is 0 Å². The van der Waals surface area contributed by atoms with E-state index in [1.54, 1.807) is 0 Å². The van der Waals surface area contributed by atoms with Gasteiger partial charge in [0.2, 0.25) is 0 Å². The Bertz CT molecular complexity index is 476. The first kappa shape index (κ1) is 17.6. The molecule has 0 radical (unpaired) electrons. The van der Waals surface area contributed by atoms with E-state index < -0.39 is 0 Å². The highest BCUT2D eigenvalue weighted by atomic mass is 16.5. The number of ether oxygens (including phenoxy) is 2. The zero-order valence-electron chi connectivity index (χ0n) is 14.2. The van der Waals surface area contributed by atoms with Gasteiger partial charge in [0.15, 0.2) is 0 Å². The quantitative estimate of drug-likeness (QED) is 0.838. The maximum atomic E-state index is 11.5. The van der Waals surface area contributed by atoms with Crippen molar-refractivity contribution in [1.82, 2.24) is 10.2 Å². The van der Waals surface area contributed by atoms with Gasteiger partial charge in [0.1, 0.15) is 5.75 Å². The maximum Gasteiger partial charge on any atom is 0.407 e. The first-order valence-electron chi connectivity index (χ1n) is 8.58. The molecule has 1 amide bonds. The third kappa shape index (κ3) is 6.10. The fourth-order valence-corrected chi connectivity index (χ4v) is 2.83. The molecule has 0 spiro atoms. The molecule has 0 aliphatic carbocycles. The second-order valence-electron chi connectivity index (χ2n) is 5.93. The third-order valence-electron chi connectivity index (χ3n) is 3.91. The van der Waals surface area contributed by atoms with E-state index in [0.29, 0.717) is 6.61 Å². The Morgan fingerprint density at radius 2 is 2.09 bits per heavy atom. The van der Waals surface area contributed by atoms with Crippen molar-refractivity contribution in [3.63, 3.8) is 0 Å². The van der Waals surface area contributed by atoms with Gasteiger partial charge in [-0.15, -0.1) is 0 Å². The minimum absolute atomic E-state index is 0.176. The van der Waals surface area contributed by atoms with Gasteiger partial charge in [-0.3, -0.25) is 4.90 Å². The number of carbonyl (C=O) groups is 1. The molecule has 0 bridgehead atoms. The molecule has 1 saturated heterocycles. The van der Waals surface area contributed by atoms with Crippen molar-refractivity contribution in [3.8, 4) is 5.75 Å². The largest absolute Gasteiger partial charge is 0.494 e. The number of benzene rings is 1. The molecule has 0 unspecified atom stereocenters. The first-order valence-corrected chi connectivity index (χ1v) is 8.58. The molecule has 1 atom stereocenters. The summed E-state index contributed by atoms with van der Waals surface area (Å²) < 4.78 is 10.6. The van der Waals surface area contributed by atoms with Crippen LogP contribution in [0.3, 0.4) is 0 Å². The van der Waals surface area contributed by atoms with Gasteiger partial charge in [-0.25, -0.2) is 4.79 Å². The minimum atomic E-state index is -0.309. The Morgan fingerprint density at radius 3 is 2.78 bits per heavy atom. The highest BCUT2D eigenvalue weighted by Crippen LogP contribution is 2.17. The predicted octanol–water partition coefficient (Wildman–Crippen LogP) is 3.19. The molecule has 1 aliphatic rings. The van der Waals surface area contributed by atoms with Crippen molar-refractivity contribution >= 4 is 6.09 Å². The average molecular weight is 320 g/mol. The summed E-state index contributed by atoms with van der Waals surface area (Å²) in [7, 11) is 0. The van der Waals surface area contributed by atoms with Crippen LogP contribution in [0.2, 0.25) is 0 Å². The van der Waals surface area contributed by atoms with E-state index in [1.807, 2.05) is 19.1 Å². The topological polar surface area (TPSA) is 50.8 Å². The molecule has 5 nitrogen and oxygen atoms in total. The van der Waals surface area contributed by atoms with E-state index in [4.69, 9.17) is 9.47 Å². The van der Waals surface area contributed by atoms with Gasteiger partial charge in [0, 0.05) is 19.1 Å². The summed E-state index contributed by atoms with van der Waals surface area (Å²) in [5, 5.41) is 2.94. The van der Waals surface area contributed by atoms with Crippen molar-refractivity contribution in [1.29, 1.82) is 0 Å². The lowest BCUT2D eigenvalue weighted by molar-refractivity contribution is 0.132. The molecule has 23 heavy (non-hydrogen) atoms. The second kappa shape index (κ2) is 9.40. The fourth-order valence-electron chi connectivity index (χ4n) is 2.83. The Hall–Kier alpha value is -1.75. The number of piperidine rings is 1. The van der Waals surface area contributed by atoms with Crippen molar-refractivity contribution < 1.29 is 14.3 Å². The molecule has 1 aromatic rings. The predicted molar refractivity (Wildman–Crippen MR) is 90.7 cm³/mol. The summed E-state index contributed by atoms with van der Waals surface area (Å²) in [4.78, 5) is 13.9. The smallest absolute Gasteiger partial charge is 0.407 e. The molecule has 0 saturated carbocycles. The molecule has 1 aliphatic heterocycles. The molecule has 1 fully saturated rings. The number of nitrogens with zero attached hydrogens (tertiary/aromatic N) is 1. The number of amides is 1. The lowest BCUT2D eigenvalue weighted by Crippen LogP contribution is -2.47. The molecular weight excluding hydrogens is 292 g/mol.